The second-order valence-corrected chi connectivity index (χ2v) is 3.35. The van der Waals surface area contributed by atoms with Crippen molar-refractivity contribution in [2.75, 3.05) is 0 Å². The van der Waals surface area contributed by atoms with Crippen LogP contribution in [0.5, 0.6) is 0 Å². The molecule has 0 heterocycles. The Hall–Kier alpha value is -0.240. The van der Waals surface area contributed by atoms with Crippen molar-refractivity contribution in [3.8, 4) is 0 Å². The zero-order chi connectivity index (χ0) is 8.08. The fourth-order valence-electron chi connectivity index (χ4n) is 0. The monoisotopic (exact) mass is 192 g/mol. The van der Waals surface area contributed by atoms with Crippen LogP contribution in [-0.2, 0) is 11.8 Å². The van der Waals surface area contributed by atoms with Crippen LogP contribution in [0, 0.1) is 0 Å². The number of amides is 1. The summed E-state index contributed by atoms with van der Waals surface area (Å²) in [5.41, 5.74) is 4.03. The van der Waals surface area contributed by atoms with Crippen molar-refractivity contribution in [3.05, 3.63) is 0 Å². The van der Waals surface area contributed by atoms with Crippen LogP contribution in [0.1, 0.15) is 0 Å². The van der Waals surface area contributed by atoms with Crippen molar-refractivity contribution in [3.63, 3.8) is 0 Å². The van der Waals surface area contributed by atoms with E-state index >= 15 is 0 Å². The summed E-state index contributed by atoms with van der Waals surface area (Å²) >= 11 is 3.60. The van der Waals surface area contributed by atoms with Crippen LogP contribution in [0.25, 0.3) is 0 Å². The summed E-state index contributed by atoms with van der Waals surface area (Å²) in [6.45, 7) is -3.81. The van der Waals surface area contributed by atoms with Crippen LogP contribution in [0.3, 0.4) is 0 Å². The van der Waals surface area contributed by atoms with Crippen LogP contribution in [-0.4, -0.2) is 25.9 Å². The van der Waals surface area contributed by atoms with Gasteiger partial charge in [0.1, 0.15) is 0 Å². The van der Waals surface area contributed by atoms with Crippen molar-refractivity contribution >= 4 is 24.6 Å². The third kappa shape index (κ3) is 6160. The molecule has 0 saturated heterocycles. The minimum absolute atomic E-state index is 0. The number of carboxylic acid groups (broad SMARTS) is 1. The molecule has 0 fully saturated rings. The van der Waals surface area contributed by atoms with Gasteiger partial charge in [-0.1, -0.05) is 0 Å². The molecule has 0 aliphatic heterocycles. The summed E-state index contributed by atoms with van der Waals surface area (Å²) in [6, 6.07) is 0. The predicted octanol–water partition coefficient (Wildman–Crippen LogP) is -1.03. The van der Waals surface area contributed by atoms with Crippen LogP contribution < -0.4 is 11.9 Å². The van der Waals surface area contributed by atoms with Gasteiger partial charge in [0.25, 0.3) is 0 Å². The average Bonchev–Trinajstić information content (AvgIpc) is 1.19. The van der Waals surface area contributed by atoms with Gasteiger partial charge in [-0.2, -0.15) is 0 Å². The maximum Gasteiger partial charge on any atom is 0.402 e. The van der Waals surface area contributed by atoms with E-state index in [0.717, 1.165) is 0 Å². The minimum Gasteiger partial charge on any atom is -0.465 e. The highest BCUT2D eigenvalue weighted by Gasteiger charge is 1.92. The highest BCUT2D eigenvalue weighted by atomic mass is 32.5. The van der Waals surface area contributed by atoms with Gasteiger partial charge < -0.3 is 31.7 Å². The Morgan fingerprint density at radius 3 is 1.40 bits per heavy atom. The third-order valence-corrected chi connectivity index (χ3v) is 0. The lowest BCUT2D eigenvalue weighted by molar-refractivity contribution is 0.205. The van der Waals surface area contributed by atoms with Crippen molar-refractivity contribution in [1.82, 2.24) is 6.15 Å². The molecule has 0 aliphatic carbocycles. The molecular weight excluding hydrogens is 183 g/mol. The van der Waals surface area contributed by atoms with E-state index in [-0.39, 0.29) is 6.15 Å². The molecule has 10 heavy (non-hydrogen) atoms. The molecule has 0 atom stereocenters. The Morgan fingerprint density at radius 2 is 1.40 bits per heavy atom. The van der Waals surface area contributed by atoms with E-state index in [9.17, 15) is 0 Å². The second-order valence-electron chi connectivity index (χ2n) is 0.852. The zero-order valence-electron chi connectivity index (χ0n) is 4.84. The second kappa shape index (κ2) is 6.87. The Labute approximate surface area is 61.9 Å². The van der Waals surface area contributed by atoms with E-state index in [2.05, 4.69) is 17.5 Å². The highest BCUT2D eigenvalue weighted by molar-refractivity contribution is 8.06. The smallest absolute Gasteiger partial charge is 0.402 e. The van der Waals surface area contributed by atoms with Gasteiger partial charge in [-0.15, -0.1) is 0 Å². The molecule has 0 aromatic rings. The van der Waals surface area contributed by atoms with E-state index in [4.69, 9.17) is 24.6 Å². The molecule has 0 spiro atoms. The Balaban J connectivity index is -0.0000000910. The van der Waals surface area contributed by atoms with Crippen LogP contribution >= 0.6 is 6.72 Å². The third-order valence-electron chi connectivity index (χ3n) is 0. The van der Waals surface area contributed by atoms with Gasteiger partial charge in [0.2, 0.25) is 0 Å². The van der Waals surface area contributed by atoms with Crippen LogP contribution in [0.15, 0.2) is 0 Å². The fourth-order valence-corrected chi connectivity index (χ4v) is 0. The molecule has 0 unspecified atom stereocenters. The number of hydrogen-bond donors (Lipinski definition) is 6. The number of hydrogen-bond acceptors (Lipinski definition) is 3. The molecule has 0 rings (SSSR count). The summed E-state index contributed by atoms with van der Waals surface area (Å²) in [4.78, 5) is 31.5. The van der Waals surface area contributed by atoms with Gasteiger partial charge in [0, 0.05) is 0 Å². The molecule has 7 nitrogen and oxygen atoms in total. The molecule has 64 valence electrons. The van der Waals surface area contributed by atoms with E-state index in [0.29, 0.717) is 0 Å². The summed E-state index contributed by atoms with van der Waals surface area (Å²) < 4.78 is 0. The van der Waals surface area contributed by atoms with Crippen LogP contribution in [0.4, 0.5) is 4.79 Å². The highest BCUT2D eigenvalue weighted by Crippen LogP contribution is 2.26. The molecule has 0 radical (unpaired) electrons. The molecule has 0 aromatic carbocycles. The molecule has 9 heteroatoms. The first-order valence-corrected chi connectivity index (χ1v) is 4.16. The molecular formula is CH9N2O5PS. The fraction of sp³-hybridized carbons (Fsp3) is 0. The van der Waals surface area contributed by atoms with E-state index in [1.54, 1.807) is 0 Å². The number of nitrogens with two attached hydrogens (primary N) is 1. The summed E-state index contributed by atoms with van der Waals surface area (Å²) in [5.74, 6) is 0. The minimum atomic E-state index is -3.81. The SMILES string of the molecule is N.NC(=O)O.OP(O)(O)=S. The number of carbonyl (C=O) groups is 1. The van der Waals surface area contributed by atoms with Gasteiger partial charge in [-0.25, -0.2) is 4.79 Å². The van der Waals surface area contributed by atoms with Gasteiger partial charge in [-0.05, 0) is 11.8 Å². The van der Waals surface area contributed by atoms with E-state index in [1.807, 2.05) is 0 Å². The molecule has 0 aromatic heterocycles. The van der Waals surface area contributed by atoms with Gasteiger partial charge >= 0.3 is 12.8 Å². The topological polar surface area (TPSA) is 159 Å². The first-order chi connectivity index (χ1) is 3.73. The Bertz CT molecular complexity index is 119. The number of primary amides is 1. The average molecular weight is 192 g/mol. The molecule has 0 saturated carbocycles. The molecule has 0 aliphatic rings. The van der Waals surface area contributed by atoms with Gasteiger partial charge in [0.05, 0.1) is 0 Å². The Morgan fingerprint density at radius 1 is 1.40 bits per heavy atom. The van der Waals surface area contributed by atoms with Crippen molar-refractivity contribution < 1.29 is 24.6 Å². The quantitative estimate of drug-likeness (QED) is 0.267. The van der Waals surface area contributed by atoms with E-state index in [1.165, 1.54) is 0 Å². The van der Waals surface area contributed by atoms with Gasteiger partial charge in [-0.3, -0.25) is 0 Å². The first-order valence-electron chi connectivity index (χ1n) is 1.50. The van der Waals surface area contributed by atoms with Gasteiger partial charge in [0.15, 0.2) is 0 Å². The lowest BCUT2D eigenvalue weighted by Gasteiger charge is -1.88. The van der Waals surface area contributed by atoms with Crippen molar-refractivity contribution in [1.29, 1.82) is 0 Å². The zero-order valence-corrected chi connectivity index (χ0v) is 6.55. The van der Waals surface area contributed by atoms with E-state index < -0.39 is 12.8 Å². The molecule has 1 amide bonds. The number of rotatable bonds is 0. The summed E-state index contributed by atoms with van der Waals surface area (Å²) in [7, 11) is 0. The van der Waals surface area contributed by atoms with Crippen molar-refractivity contribution in [2.24, 2.45) is 5.73 Å². The largest absolute Gasteiger partial charge is 0.465 e. The lowest BCUT2D eigenvalue weighted by Crippen LogP contribution is -2.03. The normalized spacial score (nSPS) is 8.30. The van der Waals surface area contributed by atoms with Crippen molar-refractivity contribution in [2.45, 2.75) is 0 Å². The Kier molecular flexibility index (Phi) is 11.3. The van der Waals surface area contributed by atoms with Crippen LogP contribution in [0.2, 0.25) is 0 Å². The summed E-state index contributed by atoms with van der Waals surface area (Å²) in [6.07, 6.45) is -1.33. The maximum atomic E-state index is 8.78. The first kappa shape index (κ1) is 16.4. The lowest BCUT2D eigenvalue weighted by atomic mass is 11.3. The molecule has 0 bridgehead atoms. The maximum absolute atomic E-state index is 8.78. The standard InChI is InChI=1S/CH3NO2.H3N.H3O3PS/c2-1(3)4;;1-4(2,3)5/h2H2,(H,3,4);1H3;(H3,1,2,3,5). The summed E-state index contributed by atoms with van der Waals surface area (Å²) in [5, 5.41) is 7.19. The predicted molar refractivity (Wildman–Crippen MR) is 38.2 cm³/mol. The molecule has 9 N–H and O–H groups in total.